The lowest BCUT2D eigenvalue weighted by molar-refractivity contribution is -0.139. The zero-order chi connectivity index (χ0) is 16.2. The highest BCUT2D eigenvalue weighted by Gasteiger charge is 2.30. The van der Waals surface area contributed by atoms with Gasteiger partial charge in [-0.15, -0.1) is 11.8 Å². The van der Waals surface area contributed by atoms with Gasteiger partial charge in [0.2, 0.25) is 11.8 Å². The molecular weight excluding hydrogens is 312 g/mol. The molecule has 1 N–H and O–H groups in total. The molecule has 1 unspecified atom stereocenters. The molecule has 0 saturated carbocycles. The van der Waals surface area contributed by atoms with E-state index in [1.54, 1.807) is 16.7 Å². The van der Waals surface area contributed by atoms with Gasteiger partial charge in [-0.2, -0.15) is 0 Å². The van der Waals surface area contributed by atoms with Gasteiger partial charge in [-0.05, 0) is 24.3 Å². The van der Waals surface area contributed by atoms with Crippen molar-refractivity contribution in [3.8, 4) is 0 Å². The number of piperidine rings is 1. The van der Waals surface area contributed by atoms with E-state index in [1.807, 2.05) is 35.2 Å². The maximum Gasteiger partial charge on any atom is 0.242 e. The summed E-state index contributed by atoms with van der Waals surface area (Å²) in [6.45, 7) is 1.50. The van der Waals surface area contributed by atoms with Crippen molar-refractivity contribution in [2.75, 3.05) is 31.3 Å². The summed E-state index contributed by atoms with van der Waals surface area (Å²) in [4.78, 5) is 27.3. The SMILES string of the molecule is O=C(CN1CSCC1=O)N1CCC(C(O)c2ccccc2)CC1. The Morgan fingerprint density at radius 1 is 1.26 bits per heavy atom. The number of hydrogen-bond donors (Lipinski definition) is 1. The minimum absolute atomic E-state index is 0.0218. The average Bonchev–Trinajstić information content (AvgIpc) is 3.00. The minimum Gasteiger partial charge on any atom is -0.388 e. The molecule has 23 heavy (non-hydrogen) atoms. The topological polar surface area (TPSA) is 60.9 Å². The van der Waals surface area contributed by atoms with Crippen molar-refractivity contribution in [3.63, 3.8) is 0 Å². The minimum atomic E-state index is -0.468. The van der Waals surface area contributed by atoms with Crippen molar-refractivity contribution >= 4 is 23.6 Å². The van der Waals surface area contributed by atoms with E-state index >= 15 is 0 Å². The molecule has 6 heteroatoms. The molecule has 0 aromatic heterocycles. The van der Waals surface area contributed by atoms with Gasteiger partial charge in [0.15, 0.2) is 0 Å². The molecule has 2 amide bonds. The Morgan fingerprint density at radius 3 is 2.57 bits per heavy atom. The summed E-state index contributed by atoms with van der Waals surface area (Å²) in [6, 6.07) is 9.69. The molecule has 1 atom stereocenters. The first kappa shape index (κ1) is 16.3. The summed E-state index contributed by atoms with van der Waals surface area (Å²) >= 11 is 1.55. The second kappa shape index (κ2) is 7.36. The first-order valence-corrected chi connectivity index (χ1v) is 9.17. The van der Waals surface area contributed by atoms with Gasteiger partial charge >= 0.3 is 0 Å². The quantitative estimate of drug-likeness (QED) is 0.906. The van der Waals surface area contributed by atoms with Gasteiger partial charge in [-0.25, -0.2) is 0 Å². The van der Waals surface area contributed by atoms with E-state index in [1.165, 1.54) is 0 Å². The van der Waals surface area contributed by atoms with Crippen LogP contribution in [0.1, 0.15) is 24.5 Å². The van der Waals surface area contributed by atoms with Crippen LogP contribution in [0.2, 0.25) is 0 Å². The Balaban J connectivity index is 1.50. The Morgan fingerprint density at radius 2 is 1.96 bits per heavy atom. The highest BCUT2D eigenvalue weighted by Crippen LogP contribution is 2.30. The van der Waals surface area contributed by atoms with E-state index in [-0.39, 0.29) is 24.3 Å². The number of hydrogen-bond acceptors (Lipinski definition) is 4. The Labute approximate surface area is 140 Å². The molecule has 0 radical (unpaired) electrons. The number of carbonyl (C=O) groups is 2. The molecular formula is C17H22N2O3S. The molecule has 2 aliphatic heterocycles. The summed E-state index contributed by atoms with van der Waals surface area (Å²) in [5.41, 5.74) is 0.942. The van der Waals surface area contributed by atoms with Crippen LogP contribution in [-0.2, 0) is 9.59 Å². The predicted molar refractivity (Wildman–Crippen MR) is 89.7 cm³/mol. The lowest BCUT2D eigenvalue weighted by Crippen LogP contribution is -2.45. The first-order chi connectivity index (χ1) is 11.1. The van der Waals surface area contributed by atoms with Gasteiger partial charge < -0.3 is 14.9 Å². The van der Waals surface area contributed by atoms with Crippen molar-refractivity contribution in [1.29, 1.82) is 0 Å². The van der Waals surface area contributed by atoms with Crippen molar-refractivity contribution in [2.45, 2.75) is 18.9 Å². The monoisotopic (exact) mass is 334 g/mol. The van der Waals surface area contributed by atoms with Gasteiger partial charge in [0, 0.05) is 13.1 Å². The molecule has 2 saturated heterocycles. The van der Waals surface area contributed by atoms with Crippen LogP contribution in [-0.4, -0.2) is 58.0 Å². The maximum atomic E-state index is 12.3. The molecule has 0 spiro atoms. The van der Waals surface area contributed by atoms with E-state index in [0.29, 0.717) is 24.7 Å². The van der Waals surface area contributed by atoms with Crippen molar-refractivity contribution in [2.24, 2.45) is 5.92 Å². The number of rotatable bonds is 4. The second-order valence-electron chi connectivity index (χ2n) is 6.14. The lowest BCUT2D eigenvalue weighted by atomic mass is 9.87. The summed E-state index contributed by atoms with van der Waals surface area (Å²) in [5.74, 6) is 1.36. The summed E-state index contributed by atoms with van der Waals surface area (Å²) < 4.78 is 0. The van der Waals surface area contributed by atoms with Gasteiger partial charge in [0.1, 0.15) is 6.54 Å². The van der Waals surface area contributed by atoms with Crippen molar-refractivity contribution < 1.29 is 14.7 Å². The lowest BCUT2D eigenvalue weighted by Gasteiger charge is -2.35. The molecule has 124 valence electrons. The van der Waals surface area contributed by atoms with E-state index < -0.39 is 6.10 Å². The maximum absolute atomic E-state index is 12.3. The van der Waals surface area contributed by atoms with Crippen LogP contribution >= 0.6 is 11.8 Å². The third-order valence-corrected chi connectivity index (χ3v) is 5.58. The Bertz CT molecular complexity index is 558. The van der Waals surface area contributed by atoms with Crippen LogP contribution in [0.3, 0.4) is 0 Å². The largest absolute Gasteiger partial charge is 0.388 e. The van der Waals surface area contributed by atoms with E-state index in [2.05, 4.69) is 0 Å². The Hall–Kier alpha value is -1.53. The first-order valence-electron chi connectivity index (χ1n) is 8.01. The third-order valence-electron chi connectivity index (χ3n) is 4.63. The molecule has 0 aliphatic carbocycles. The molecule has 2 aliphatic rings. The van der Waals surface area contributed by atoms with Gasteiger partial charge in [0.05, 0.1) is 17.7 Å². The van der Waals surface area contributed by atoms with E-state index in [4.69, 9.17) is 0 Å². The summed E-state index contributed by atoms with van der Waals surface area (Å²) in [7, 11) is 0. The smallest absolute Gasteiger partial charge is 0.242 e. The number of thioether (sulfide) groups is 1. The average molecular weight is 334 g/mol. The van der Waals surface area contributed by atoms with Gasteiger partial charge in [-0.3, -0.25) is 9.59 Å². The molecule has 2 fully saturated rings. The van der Waals surface area contributed by atoms with Gasteiger partial charge in [0.25, 0.3) is 0 Å². The summed E-state index contributed by atoms with van der Waals surface area (Å²) in [5, 5.41) is 10.5. The predicted octanol–water partition coefficient (Wildman–Crippen LogP) is 1.49. The second-order valence-corrected chi connectivity index (χ2v) is 7.10. The molecule has 2 heterocycles. The fraction of sp³-hybridized carbons (Fsp3) is 0.529. The fourth-order valence-electron chi connectivity index (χ4n) is 3.19. The van der Waals surface area contributed by atoms with Crippen molar-refractivity contribution in [3.05, 3.63) is 35.9 Å². The third kappa shape index (κ3) is 3.87. The van der Waals surface area contributed by atoms with Gasteiger partial charge in [-0.1, -0.05) is 30.3 Å². The fourth-order valence-corrected chi connectivity index (χ4v) is 4.09. The molecule has 1 aromatic rings. The van der Waals surface area contributed by atoms with Crippen LogP contribution in [0.25, 0.3) is 0 Å². The van der Waals surface area contributed by atoms with E-state index in [9.17, 15) is 14.7 Å². The zero-order valence-electron chi connectivity index (χ0n) is 13.1. The van der Waals surface area contributed by atoms with Crippen molar-refractivity contribution in [1.82, 2.24) is 9.80 Å². The molecule has 3 rings (SSSR count). The van der Waals surface area contributed by atoms with E-state index in [0.717, 1.165) is 18.4 Å². The van der Waals surface area contributed by atoms with Crippen LogP contribution in [0.5, 0.6) is 0 Å². The number of likely N-dealkylation sites (tertiary alicyclic amines) is 1. The van der Waals surface area contributed by atoms with Crippen LogP contribution in [0.4, 0.5) is 0 Å². The number of benzene rings is 1. The number of aliphatic hydroxyl groups is 1. The van der Waals surface area contributed by atoms with Crippen LogP contribution in [0, 0.1) is 5.92 Å². The number of nitrogens with zero attached hydrogens (tertiary/aromatic N) is 2. The highest BCUT2D eigenvalue weighted by atomic mass is 32.2. The normalized spacial score (nSPS) is 20.8. The number of aliphatic hydroxyl groups excluding tert-OH is 1. The molecule has 5 nitrogen and oxygen atoms in total. The zero-order valence-corrected chi connectivity index (χ0v) is 13.9. The van der Waals surface area contributed by atoms with Crippen LogP contribution < -0.4 is 0 Å². The highest BCUT2D eigenvalue weighted by molar-refractivity contribution is 8.00. The number of amides is 2. The number of carbonyl (C=O) groups excluding carboxylic acids is 2. The Kier molecular flexibility index (Phi) is 5.23. The molecule has 0 bridgehead atoms. The standard InChI is InChI=1S/C17H22N2O3S/c20-15(10-19-12-23-11-16(19)21)18-8-6-14(7-9-18)17(22)13-4-2-1-3-5-13/h1-5,14,17,22H,6-12H2. The van der Waals surface area contributed by atoms with Crippen LogP contribution in [0.15, 0.2) is 30.3 Å². The molecule has 1 aromatic carbocycles. The summed E-state index contributed by atoms with van der Waals surface area (Å²) in [6.07, 6.45) is 1.12.